The third kappa shape index (κ3) is 10.0. The maximum absolute atomic E-state index is 10.8. The van der Waals surface area contributed by atoms with E-state index in [0.717, 1.165) is 12.8 Å². The van der Waals surface area contributed by atoms with Gasteiger partial charge in [0.1, 0.15) is 0 Å². The minimum absolute atomic E-state index is 0.250. The second kappa shape index (κ2) is 10.3. The lowest BCUT2D eigenvalue weighted by molar-refractivity contribution is -0.140. The van der Waals surface area contributed by atoms with Crippen molar-refractivity contribution in [3.05, 3.63) is 12.2 Å². The molecule has 0 heterocycles. The largest absolute Gasteiger partial charge is 0.469 e. The van der Waals surface area contributed by atoms with E-state index >= 15 is 0 Å². The minimum Gasteiger partial charge on any atom is -0.469 e. The van der Waals surface area contributed by atoms with Crippen molar-refractivity contribution in [1.29, 1.82) is 0 Å². The molecule has 0 aromatic heterocycles. The highest BCUT2D eigenvalue weighted by molar-refractivity contribution is 5.68. The molecule has 0 aliphatic rings. The Kier molecular flexibility index (Phi) is 9.77. The number of hydrogen-bond donors (Lipinski definition) is 2. The summed E-state index contributed by atoms with van der Waals surface area (Å²) in [6.45, 7) is 2.02. The van der Waals surface area contributed by atoms with Crippen molar-refractivity contribution in [3.8, 4) is 0 Å². The Bertz CT molecular complexity index is 225. The molecule has 0 aromatic carbocycles. The Morgan fingerprint density at radius 1 is 1.35 bits per heavy atom. The summed E-state index contributed by atoms with van der Waals surface area (Å²) in [6.07, 6.45) is 6.39. The fourth-order valence-corrected chi connectivity index (χ4v) is 1.50. The molecule has 0 saturated carbocycles. The first kappa shape index (κ1) is 16.1. The van der Waals surface area contributed by atoms with Crippen LogP contribution in [0.4, 0.5) is 0 Å². The van der Waals surface area contributed by atoms with Crippen LogP contribution in [-0.4, -0.2) is 35.5 Å². The summed E-state index contributed by atoms with van der Waals surface area (Å²) in [7, 11) is 1.35. The molecule has 0 bridgehead atoms. The molecular weight excluding hydrogens is 220 g/mol. The van der Waals surface area contributed by atoms with Crippen molar-refractivity contribution in [3.63, 3.8) is 0 Å². The second-order valence-electron chi connectivity index (χ2n) is 4.14. The number of aliphatic hydroxyl groups is 2. The van der Waals surface area contributed by atoms with Gasteiger partial charge in [-0.2, -0.15) is 0 Å². The third-order valence-corrected chi connectivity index (χ3v) is 2.50. The molecule has 0 radical (unpaired) electrons. The van der Waals surface area contributed by atoms with Crippen molar-refractivity contribution in [1.82, 2.24) is 0 Å². The van der Waals surface area contributed by atoms with E-state index in [1.165, 1.54) is 7.11 Å². The molecule has 2 atom stereocenters. The SMILES string of the molecule is CCC[C@H](O)C/C=C/[C@@H](O)CCCC(=O)OC. The van der Waals surface area contributed by atoms with E-state index in [1.807, 2.05) is 6.92 Å². The molecular formula is C13H24O4. The average Bonchev–Trinajstić information content (AvgIpc) is 2.29. The van der Waals surface area contributed by atoms with Gasteiger partial charge in [0.15, 0.2) is 0 Å². The highest BCUT2D eigenvalue weighted by atomic mass is 16.5. The summed E-state index contributed by atoms with van der Waals surface area (Å²) < 4.78 is 4.50. The molecule has 0 saturated heterocycles. The molecule has 17 heavy (non-hydrogen) atoms. The van der Waals surface area contributed by atoms with Crippen LogP contribution in [0.2, 0.25) is 0 Å². The maximum Gasteiger partial charge on any atom is 0.305 e. The second-order valence-corrected chi connectivity index (χ2v) is 4.14. The zero-order valence-electron chi connectivity index (χ0n) is 10.8. The molecule has 0 fully saturated rings. The van der Waals surface area contributed by atoms with Gasteiger partial charge >= 0.3 is 5.97 Å². The van der Waals surface area contributed by atoms with Gasteiger partial charge in [-0.3, -0.25) is 4.79 Å². The Balaban J connectivity index is 3.60. The summed E-state index contributed by atoms with van der Waals surface area (Å²) in [5.41, 5.74) is 0. The monoisotopic (exact) mass is 244 g/mol. The quantitative estimate of drug-likeness (QED) is 0.479. The first-order valence-corrected chi connectivity index (χ1v) is 6.19. The topological polar surface area (TPSA) is 66.8 Å². The summed E-state index contributed by atoms with van der Waals surface area (Å²) in [4.78, 5) is 10.8. The number of carbonyl (C=O) groups excluding carboxylic acids is 1. The summed E-state index contributed by atoms with van der Waals surface area (Å²) >= 11 is 0. The van der Waals surface area contributed by atoms with Gasteiger partial charge in [-0.05, 0) is 25.7 Å². The molecule has 0 aromatic rings. The number of aliphatic hydroxyl groups excluding tert-OH is 2. The number of carbonyl (C=O) groups is 1. The highest BCUT2D eigenvalue weighted by Gasteiger charge is 2.04. The number of ether oxygens (including phenoxy) is 1. The fourth-order valence-electron chi connectivity index (χ4n) is 1.50. The van der Waals surface area contributed by atoms with Crippen LogP contribution in [0, 0.1) is 0 Å². The minimum atomic E-state index is -0.548. The van der Waals surface area contributed by atoms with Crippen LogP contribution in [0.3, 0.4) is 0 Å². The van der Waals surface area contributed by atoms with E-state index < -0.39 is 6.10 Å². The summed E-state index contributed by atoms with van der Waals surface area (Å²) in [6, 6.07) is 0. The van der Waals surface area contributed by atoms with Crippen LogP contribution in [0.1, 0.15) is 45.4 Å². The Morgan fingerprint density at radius 2 is 2.06 bits per heavy atom. The van der Waals surface area contributed by atoms with Crippen LogP contribution >= 0.6 is 0 Å². The van der Waals surface area contributed by atoms with E-state index in [4.69, 9.17) is 0 Å². The number of esters is 1. The molecule has 0 aliphatic heterocycles. The molecule has 0 unspecified atom stereocenters. The van der Waals surface area contributed by atoms with Crippen molar-refractivity contribution >= 4 is 5.97 Å². The van der Waals surface area contributed by atoms with E-state index in [0.29, 0.717) is 25.7 Å². The zero-order valence-corrected chi connectivity index (χ0v) is 10.8. The zero-order chi connectivity index (χ0) is 13.1. The normalized spacial score (nSPS) is 14.8. The molecule has 0 spiro atoms. The predicted octanol–water partition coefficient (Wildman–Crippen LogP) is 1.80. The van der Waals surface area contributed by atoms with Crippen LogP contribution in [0.25, 0.3) is 0 Å². The smallest absolute Gasteiger partial charge is 0.305 e. The number of rotatable bonds is 9. The standard InChI is InChI=1S/C13H24O4/c1-3-6-11(14)7-4-8-12(15)9-5-10-13(16)17-2/h4,8,11-12,14-15H,3,5-7,9-10H2,1-2H3/b8-4+/t11-,12+/m0/s1. The first-order chi connectivity index (χ1) is 8.10. The van der Waals surface area contributed by atoms with Gasteiger partial charge in [-0.25, -0.2) is 0 Å². The van der Waals surface area contributed by atoms with Crippen LogP contribution in [-0.2, 0) is 9.53 Å². The van der Waals surface area contributed by atoms with Crippen molar-refractivity contribution in [2.24, 2.45) is 0 Å². The van der Waals surface area contributed by atoms with Gasteiger partial charge in [0.2, 0.25) is 0 Å². The molecule has 4 heteroatoms. The lowest BCUT2D eigenvalue weighted by Crippen LogP contribution is -2.07. The van der Waals surface area contributed by atoms with Crippen LogP contribution < -0.4 is 0 Å². The van der Waals surface area contributed by atoms with Crippen molar-refractivity contribution < 1.29 is 19.7 Å². The summed E-state index contributed by atoms with van der Waals surface area (Å²) in [5.74, 6) is -0.250. The van der Waals surface area contributed by atoms with Gasteiger partial charge in [0.25, 0.3) is 0 Å². The van der Waals surface area contributed by atoms with Crippen molar-refractivity contribution in [2.45, 2.75) is 57.7 Å². The van der Waals surface area contributed by atoms with Gasteiger partial charge in [0.05, 0.1) is 19.3 Å². The van der Waals surface area contributed by atoms with Gasteiger partial charge in [-0.15, -0.1) is 0 Å². The first-order valence-electron chi connectivity index (χ1n) is 6.19. The molecule has 0 aliphatic carbocycles. The van der Waals surface area contributed by atoms with Gasteiger partial charge in [0, 0.05) is 6.42 Å². The molecule has 100 valence electrons. The lowest BCUT2D eigenvalue weighted by Gasteiger charge is -2.07. The summed E-state index contributed by atoms with van der Waals surface area (Å²) in [5, 5.41) is 19.0. The average molecular weight is 244 g/mol. The van der Waals surface area contributed by atoms with E-state index in [9.17, 15) is 15.0 Å². The van der Waals surface area contributed by atoms with Gasteiger partial charge in [-0.1, -0.05) is 25.5 Å². The van der Waals surface area contributed by atoms with Crippen molar-refractivity contribution in [2.75, 3.05) is 7.11 Å². The Labute approximate surface area is 103 Å². The third-order valence-electron chi connectivity index (χ3n) is 2.50. The molecule has 0 rings (SSSR count). The number of hydrogen-bond acceptors (Lipinski definition) is 4. The van der Waals surface area contributed by atoms with Crippen LogP contribution in [0.15, 0.2) is 12.2 Å². The molecule has 2 N–H and O–H groups in total. The highest BCUT2D eigenvalue weighted by Crippen LogP contribution is 2.06. The lowest BCUT2D eigenvalue weighted by atomic mass is 10.1. The van der Waals surface area contributed by atoms with Gasteiger partial charge < -0.3 is 14.9 Å². The molecule has 4 nitrogen and oxygen atoms in total. The Hall–Kier alpha value is -0.870. The maximum atomic E-state index is 10.8. The fraction of sp³-hybridized carbons (Fsp3) is 0.769. The number of methoxy groups -OCH3 is 1. The predicted molar refractivity (Wildman–Crippen MR) is 66.5 cm³/mol. The van der Waals surface area contributed by atoms with E-state index in [-0.39, 0.29) is 12.1 Å². The Morgan fingerprint density at radius 3 is 2.65 bits per heavy atom. The molecule has 0 amide bonds. The van der Waals surface area contributed by atoms with E-state index in [2.05, 4.69) is 4.74 Å². The van der Waals surface area contributed by atoms with E-state index in [1.54, 1.807) is 12.2 Å². The van der Waals surface area contributed by atoms with Crippen LogP contribution in [0.5, 0.6) is 0 Å².